The predicted molar refractivity (Wildman–Crippen MR) is 73.2 cm³/mol. The standard InChI is InChI=1S/C13H22N2OS/c1-9(2)11(4)15-13(16)6-14-5-12-8-17-7-10(12)3/h7-9,11,14H,5-6H2,1-4H3,(H,15,16). The summed E-state index contributed by atoms with van der Waals surface area (Å²) in [5.41, 5.74) is 2.57. The number of hydrogen-bond acceptors (Lipinski definition) is 3. The molecule has 0 radical (unpaired) electrons. The maximum absolute atomic E-state index is 11.6. The highest BCUT2D eigenvalue weighted by molar-refractivity contribution is 7.08. The Labute approximate surface area is 108 Å². The first kappa shape index (κ1) is 14.2. The van der Waals surface area contributed by atoms with Crippen molar-refractivity contribution in [2.45, 2.75) is 40.3 Å². The Morgan fingerprint density at radius 2 is 2.06 bits per heavy atom. The largest absolute Gasteiger partial charge is 0.352 e. The van der Waals surface area contributed by atoms with Crippen molar-refractivity contribution in [1.82, 2.24) is 10.6 Å². The van der Waals surface area contributed by atoms with Crippen LogP contribution in [0, 0.1) is 12.8 Å². The van der Waals surface area contributed by atoms with Crippen LogP contribution in [-0.4, -0.2) is 18.5 Å². The maximum atomic E-state index is 11.6. The lowest BCUT2D eigenvalue weighted by Gasteiger charge is -2.17. The third-order valence-electron chi connectivity index (χ3n) is 2.95. The Kier molecular flexibility index (Phi) is 5.65. The van der Waals surface area contributed by atoms with E-state index in [1.165, 1.54) is 11.1 Å². The van der Waals surface area contributed by atoms with E-state index in [9.17, 15) is 4.79 Å². The molecule has 0 saturated heterocycles. The van der Waals surface area contributed by atoms with Crippen molar-refractivity contribution < 1.29 is 4.79 Å². The summed E-state index contributed by atoms with van der Waals surface area (Å²) in [7, 11) is 0. The van der Waals surface area contributed by atoms with Crippen molar-refractivity contribution in [2.75, 3.05) is 6.54 Å². The molecule has 0 aliphatic rings. The Bertz CT molecular complexity index is 360. The molecule has 0 aliphatic heterocycles. The molecule has 0 fully saturated rings. The van der Waals surface area contributed by atoms with Crippen LogP contribution in [0.2, 0.25) is 0 Å². The summed E-state index contributed by atoms with van der Waals surface area (Å²) < 4.78 is 0. The van der Waals surface area contributed by atoms with Gasteiger partial charge in [0.05, 0.1) is 6.54 Å². The van der Waals surface area contributed by atoms with Crippen LogP contribution in [0.5, 0.6) is 0 Å². The Morgan fingerprint density at radius 3 is 2.59 bits per heavy atom. The van der Waals surface area contributed by atoms with E-state index < -0.39 is 0 Å². The molecule has 1 aromatic heterocycles. The smallest absolute Gasteiger partial charge is 0.234 e. The van der Waals surface area contributed by atoms with Crippen LogP contribution in [0.3, 0.4) is 0 Å². The van der Waals surface area contributed by atoms with E-state index in [0.717, 1.165) is 6.54 Å². The molecule has 3 nitrogen and oxygen atoms in total. The fourth-order valence-electron chi connectivity index (χ4n) is 1.35. The quantitative estimate of drug-likeness (QED) is 0.818. The number of carbonyl (C=O) groups is 1. The third-order valence-corrected chi connectivity index (χ3v) is 3.86. The van der Waals surface area contributed by atoms with E-state index in [0.29, 0.717) is 12.5 Å². The number of rotatable bonds is 6. The molecule has 1 rings (SSSR count). The van der Waals surface area contributed by atoms with Crippen LogP contribution in [-0.2, 0) is 11.3 Å². The fourth-order valence-corrected chi connectivity index (χ4v) is 2.21. The highest BCUT2D eigenvalue weighted by Gasteiger charge is 2.10. The zero-order chi connectivity index (χ0) is 12.8. The van der Waals surface area contributed by atoms with Crippen LogP contribution in [0.4, 0.5) is 0 Å². The van der Waals surface area contributed by atoms with Gasteiger partial charge in [-0.1, -0.05) is 13.8 Å². The second kappa shape index (κ2) is 6.77. The predicted octanol–water partition coefficient (Wildman–Crippen LogP) is 2.31. The maximum Gasteiger partial charge on any atom is 0.234 e. The van der Waals surface area contributed by atoms with Crippen LogP contribution in [0.15, 0.2) is 10.8 Å². The SMILES string of the molecule is Cc1cscc1CNCC(=O)NC(C)C(C)C. The highest BCUT2D eigenvalue weighted by atomic mass is 32.1. The van der Waals surface area contributed by atoms with E-state index in [2.05, 4.69) is 42.2 Å². The van der Waals surface area contributed by atoms with Gasteiger partial charge in [0.1, 0.15) is 0 Å². The molecule has 1 aromatic rings. The van der Waals surface area contributed by atoms with Crippen LogP contribution < -0.4 is 10.6 Å². The minimum atomic E-state index is 0.0686. The minimum absolute atomic E-state index is 0.0686. The second-order valence-corrected chi connectivity index (χ2v) is 5.53. The molecule has 17 heavy (non-hydrogen) atoms. The minimum Gasteiger partial charge on any atom is -0.352 e. The number of aryl methyl sites for hydroxylation is 1. The van der Waals surface area contributed by atoms with Gasteiger partial charge in [-0.3, -0.25) is 4.79 Å². The van der Waals surface area contributed by atoms with E-state index >= 15 is 0 Å². The first-order valence-corrected chi connectivity index (χ1v) is 6.96. The molecule has 1 atom stereocenters. The van der Waals surface area contributed by atoms with Crippen molar-refractivity contribution in [3.05, 3.63) is 21.9 Å². The van der Waals surface area contributed by atoms with Crippen molar-refractivity contribution in [3.63, 3.8) is 0 Å². The topological polar surface area (TPSA) is 41.1 Å². The van der Waals surface area contributed by atoms with Gasteiger partial charge in [-0.15, -0.1) is 0 Å². The Hall–Kier alpha value is -0.870. The molecule has 0 aromatic carbocycles. The van der Waals surface area contributed by atoms with E-state index in [1.807, 2.05) is 6.92 Å². The average Bonchev–Trinajstić information content (AvgIpc) is 2.64. The number of amides is 1. The molecular weight excluding hydrogens is 232 g/mol. The highest BCUT2D eigenvalue weighted by Crippen LogP contribution is 2.12. The fraction of sp³-hybridized carbons (Fsp3) is 0.615. The summed E-state index contributed by atoms with van der Waals surface area (Å²) in [5.74, 6) is 0.539. The lowest BCUT2D eigenvalue weighted by atomic mass is 10.1. The third kappa shape index (κ3) is 4.88. The normalized spacial score (nSPS) is 12.8. The monoisotopic (exact) mass is 254 g/mol. The van der Waals surface area contributed by atoms with Crippen molar-refractivity contribution >= 4 is 17.2 Å². The van der Waals surface area contributed by atoms with Crippen molar-refractivity contribution in [3.8, 4) is 0 Å². The van der Waals surface area contributed by atoms with Gasteiger partial charge in [-0.05, 0) is 41.7 Å². The molecule has 96 valence electrons. The van der Waals surface area contributed by atoms with Crippen molar-refractivity contribution in [1.29, 1.82) is 0 Å². The van der Waals surface area contributed by atoms with E-state index in [4.69, 9.17) is 0 Å². The van der Waals surface area contributed by atoms with E-state index in [-0.39, 0.29) is 11.9 Å². The molecule has 0 spiro atoms. The lowest BCUT2D eigenvalue weighted by molar-refractivity contribution is -0.121. The summed E-state index contributed by atoms with van der Waals surface area (Å²) in [4.78, 5) is 11.6. The Morgan fingerprint density at radius 1 is 1.35 bits per heavy atom. The molecular formula is C13H22N2OS. The zero-order valence-electron chi connectivity index (χ0n) is 11.0. The number of hydrogen-bond donors (Lipinski definition) is 2. The van der Waals surface area contributed by atoms with Gasteiger partial charge >= 0.3 is 0 Å². The first-order chi connectivity index (χ1) is 8.00. The second-order valence-electron chi connectivity index (χ2n) is 4.78. The van der Waals surface area contributed by atoms with Gasteiger partial charge in [0.25, 0.3) is 0 Å². The lowest BCUT2D eigenvalue weighted by Crippen LogP contribution is -2.41. The number of nitrogens with one attached hydrogen (secondary N) is 2. The molecule has 1 amide bonds. The molecule has 1 unspecified atom stereocenters. The molecule has 1 heterocycles. The molecule has 2 N–H and O–H groups in total. The summed E-state index contributed by atoms with van der Waals surface area (Å²) in [6.45, 7) is 9.48. The van der Waals surface area contributed by atoms with Crippen LogP contribution in [0.25, 0.3) is 0 Å². The van der Waals surface area contributed by atoms with Gasteiger partial charge < -0.3 is 10.6 Å². The summed E-state index contributed by atoms with van der Waals surface area (Å²) in [6, 6.07) is 0.229. The van der Waals surface area contributed by atoms with Crippen molar-refractivity contribution in [2.24, 2.45) is 5.92 Å². The number of thiophene rings is 1. The van der Waals surface area contributed by atoms with Gasteiger partial charge in [0.2, 0.25) is 5.91 Å². The van der Waals surface area contributed by atoms with Gasteiger partial charge in [-0.2, -0.15) is 11.3 Å². The van der Waals surface area contributed by atoms with Gasteiger partial charge in [0.15, 0.2) is 0 Å². The van der Waals surface area contributed by atoms with Crippen LogP contribution in [0.1, 0.15) is 31.9 Å². The molecule has 0 aliphatic carbocycles. The summed E-state index contributed by atoms with van der Waals surface area (Å²) in [5, 5.41) is 10.4. The molecule has 0 bridgehead atoms. The zero-order valence-corrected chi connectivity index (χ0v) is 11.9. The number of carbonyl (C=O) groups excluding carboxylic acids is 1. The summed E-state index contributed by atoms with van der Waals surface area (Å²) in [6.07, 6.45) is 0. The average molecular weight is 254 g/mol. The first-order valence-electron chi connectivity index (χ1n) is 6.02. The molecule has 0 saturated carbocycles. The van der Waals surface area contributed by atoms with Crippen LogP contribution >= 0.6 is 11.3 Å². The Balaban J connectivity index is 2.23. The van der Waals surface area contributed by atoms with Gasteiger partial charge in [-0.25, -0.2) is 0 Å². The molecule has 4 heteroatoms. The van der Waals surface area contributed by atoms with Gasteiger partial charge in [0, 0.05) is 12.6 Å². The summed E-state index contributed by atoms with van der Waals surface area (Å²) >= 11 is 1.70. The van der Waals surface area contributed by atoms with E-state index in [1.54, 1.807) is 11.3 Å².